The van der Waals surface area contributed by atoms with E-state index in [0.29, 0.717) is 12.5 Å². The number of nitrogens with zero attached hydrogens (tertiary/aromatic N) is 1. The lowest BCUT2D eigenvalue weighted by atomic mass is 9.90. The zero-order chi connectivity index (χ0) is 11.4. The molecule has 0 aromatic carbocycles. The molecule has 16 heavy (non-hydrogen) atoms. The van der Waals surface area contributed by atoms with Crippen molar-refractivity contribution in [3.05, 3.63) is 18.3 Å². The number of pyridine rings is 1. The second kappa shape index (κ2) is 5.16. The molecule has 4 nitrogen and oxygen atoms in total. The minimum atomic E-state index is 0.203. The summed E-state index contributed by atoms with van der Waals surface area (Å²) in [6, 6.07) is 4.02. The maximum absolute atomic E-state index is 5.73. The molecule has 4 heteroatoms. The molecule has 0 amide bonds. The zero-order valence-corrected chi connectivity index (χ0v) is 9.56. The molecule has 2 N–H and O–H groups in total. The number of ether oxygens (including phenoxy) is 2. The molecule has 1 aromatic rings. The summed E-state index contributed by atoms with van der Waals surface area (Å²) >= 11 is 0. The van der Waals surface area contributed by atoms with Gasteiger partial charge in [0, 0.05) is 12.2 Å². The molecule has 0 unspecified atom stereocenters. The summed E-state index contributed by atoms with van der Waals surface area (Å²) in [6.07, 6.45) is 4.71. The van der Waals surface area contributed by atoms with Crippen LogP contribution >= 0.6 is 0 Å². The van der Waals surface area contributed by atoms with Crippen LogP contribution < -0.4 is 15.2 Å². The lowest BCUT2D eigenvalue weighted by molar-refractivity contribution is 0.0908. The van der Waals surface area contributed by atoms with Gasteiger partial charge >= 0.3 is 0 Å². The summed E-state index contributed by atoms with van der Waals surface area (Å²) in [7, 11) is 0. The Balaban J connectivity index is 1.96. The van der Waals surface area contributed by atoms with Gasteiger partial charge < -0.3 is 15.2 Å². The molecule has 0 bridgehead atoms. The van der Waals surface area contributed by atoms with Gasteiger partial charge in [-0.15, -0.1) is 0 Å². The Bertz CT molecular complexity index is 338. The van der Waals surface area contributed by atoms with Crippen molar-refractivity contribution in [2.24, 2.45) is 5.73 Å². The molecule has 1 aromatic heterocycles. The van der Waals surface area contributed by atoms with Gasteiger partial charge in [0.2, 0.25) is 0 Å². The fourth-order valence-corrected chi connectivity index (χ4v) is 1.65. The van der Waals surface area contributed by atoms with Crippen molar-refractivity contribution in [2.75, 3.05) is 6.61 Å². The third-order valence-electron chi connectivity index (χ3n) is 2.61. The van der Waals surface area contributed by atoms with Crippen LogP contribution in [0.3, 0.4) is 0 Å². The van der Waals surface area contributed by atoms with Crippen molar-refractivity contribution in [3.8, 4) is 11.6 Å². The molecule has 88 valence electrons. The van der Waals surface area contributed by atoms with E-state index in [0.717, 1.165) is 25.0 Å². The van der Waals surface area contributed by atoms with E-state index in [1.807, 2.05) is 12.1 Å². The maximum atomic E-state index is 5.73. The van der Waals surface area contributed by atoms with Crippen LogP contribution in [-0.4, -0.2) is 23.7 Å². The summed E-state index contributed by atoms with van der Waals surface area (Å²) in [6.45, 7) is 2.76. The van der Waals surface area contributed by atoms with E-state index in [1.54, 1.807) is 6.20 Å². The second-order valence-electron chi connectivity index (χ2n) is 4.13. The van der Waals surface area contributed by atoms with Crippen LogP contribution in [-0.2, 0) is 0 Å². The summed E-state index contributed by atoms with van der Waals surface area (Å²) in [5, 5.41) is 0. The third kappa shape index (κ3) is 2.64. The number of aromatic nitrogens is 1. The number of hydrogen-bond acceptors (Lipinski definition) is 4. The van der Waals surface area contributed by atoms with Crippen LogP contribution in [0.25, 0.3) is 0 Å². The van der Waals surface area contributed by atoms with Crippen molar-refractivity contribution >= 4 is 0 Å². The highest BCUT2D eigenvalue weighted by atomic mass is 16.5. The number of nitrogens with two attached hydrogens (primary N) is 1. The lowest BCUT2D eigenvalue weighted by Gasteiger charge is -2.32. The van der Waals surface area contributed by atoms with Gasteiger partial charge in [0.25, 0.3) is 5.88 Å². The molecular weight excluding hydrogens is 204 g/mol. The molecule has 2 rings (SSSR count). The second-order valence-corrected chi connectivity index (χ2v) is 4.13. The van der Waals surface area contributed by atoms with E-state index in [4.69, 9.17) is 15.2 Å². The van der Waals surface area contributed by atoms with Crippen LogP contribution in [0.5, 0.6) is 11.6 Å². The van der Waals surface area contributed by atoms with E-state index in [9.17, 15) is 0 Å². The Morgan fingerprint density at radius 1 is 1.50 bits per heavy atom. The van der Waals surface area contributed by atoms with Crippen LogP contribution in [0.15, 0.2) is 18.3 Å². The first-order valence-corrected chi connectivity index (χ1v) is 5.79. The largest absolute Gasteiger partial charge is 0.488 e. The molecule has 0 spiro atoms. The van der Waals surface area contributed by atoms with Crippen molar-refractivity contribution in [1.29, 1.82) is 0 Å². The fourth-order valence-electron chi connectivity index (χ4n) is 1.65. The predicted octanol–water partition coefficient (Wildman–Crippen LogP) is 1.74. The van der Waals surface area contributed by atoms with E-state index < -0.39 is 0 Å². The van der Waals surface area contributed by atoms with Crippen molar-refractivity contribution in [1.82, 2.24) is 4.98 Å². The van der Waals surface area contributed by atoms with Gasteiger partial charge in [-0.2, -0.15) is 0 Å². The van der Waals surface area contributed by atoms with E-state index in [-0.39, 0.29) is 12.1 Å². The Kier molecular flexibility index (Phi) is 3.62. The molecule has 0 aliphatic heterocycles. The number of rotatable bonds is 5. The highest BCUT2D eigenvalue weighted by Crippen LogP contribution is 2.29. The molecular formula is C12H18N2O2. The minimum absolute atomic E-state index is 0.203. The van der Waals surface area contributed by atoms with E-state index in [2.05, 4.69) is 11.9 Å². The molecule has 1 fully saturated rings. The van der Waals surface area contributed by atoms with Gasteiger partial charge in [-0.25, -0.2) is 4.98 Å². The first-order chi connectivity index (χ1) is 7.79. The smallest absolute Gasteiger partial charge is 0.257 e. The Hall–Kier alpha value is -1.29. The first kappa shape index (κ1) is 11.2. The summed E-state index contributed by atoms with van der Waals surface area (Å²) in [4.78, 5) is 4.19. The zero-order valence-electron chi connectivity index (χ0n) is 9.56. The molecule has 0 saturated heterocycles. The van der Waals surface area contributed by atoms with Gasteiger partial charge in [-0.1, -0.05) is 6.92 Å². The van der Waals surface area contributed by atoms with Crippen molar-refractivity contribution < 1.29 is 9.47 Å². The monoisotopic (exact) mass is 222 g/mol. The van der Waals surface area contributed by atoms with Gasteiger partial charge in [0.05, 0.1) is 6.61 Å². The topological polar surface area (TPSA) is 57.4 Å². The first-order valence-electron chi connectivity index (χ1n) is 5.79. The van der Waals surface area contributed by atoms with E-state index in [1.165, 1.54) is 0 Å². The molecule has 0 atom stereocenters. The standard InChI is InChI=1S/C12H18N2O2/c1-2-6-15-11-4-3-5-14-12(11)16-10-7-9(13)8-10/h3-5,9-10H,2,6-8,13H2,1H3. The molecule has 1 saturated carbocycles. The molecule has 1 aliphatic rings. The van der Waals surface area contributed by atoms with E-state index >= 15 is 0 Å². The Morgan fingerprint density at radius 3 is 3.00 bits per heavy atom. The highest BCUT2D eigenvalue weighted by Gasteiger charge is 2.28. The summed E-state index contributed by atoms with van der Waals surface area (Å²) in [5.74, 6) is 1.32. The van der Waals surface area contributed by atoms with Crippen molar-refractivity contribution in [2.45, 2.75) is 38.3 Å². The molecule has 1 aliphatic carbocycles. The average Bonchev–Trinajstić information content (AvgIpc) is 2.26. The van der Waals surface area contributed by atoms with Crippen LogP contribution in [0.4, 0.5) is 0 Å². The normalized spacial score (nSPS) is 23.6. The van der Waals surface area contributed by atoms with Gasteiger partial charge in [-0.3, -0.25) is 0 Å². The highest BCUT2D eigenvalue weighted by molar-refractivity contribution is 5.32. The summed E-state index contributed by atoms with van der Waals surface area (Å²) in [5.41, 5.74) is 5.71. The van der Waals surface area contributed by atoms with Gasteiger partial charge in [0.15, 0.2) is 5.75 Å². The predicted molar refractivity (Wildman–Crippen MR) is 61.6 cm³/mol. The van der Waals surface area contributed by atoms with Crippen molar-refractivity contribution in [3.63, 3.8) is 0 Å². The summed E-state index contributed by atoms with van der Waals surface area (Å²) < 4.78 is 11.3. The van der Waals surface area contributed by atoms with Crippen LogP contribution in [0.2, 0.25) is 0 Å². The van der Waals surface area contributed by atoms with Crippen LogP contribution in [0, 0.1) is 0 Å². The fraction of sp³-hybridized carbons (Fsp3) is 0.583. The van der Waals surface area contributed by atoms with Gasteiger partial charge in [-0.05, 0) is 31.4 Å². The average molecular weight is 222 g/mol. The minimum Gasteiger partial charge on any atom is -0.488 e. The quantitative estimate of drug-likeness (QED) is 0.824. The third-order valence-corrected chi connectivity index (χ3v) is 2.61. The van der Waals surface area contributed by atoms with Gasteiger partial charge in [0.1, 0.15) is 6.10 Å². The number of hydrogen-bond donors (Lipinski definition) is 1. The maximum Gasteiger partial charge on any atom is 0.257 e. The van der Waals surface area contributed by atoms with Crippen LogP contribution in [0.1, 0.15) is 26.2 Å². The SMILES string of the molecule is CCCOc1cccnc1OC1CC(N)C1. The lowest BCUT2D eigenvalue weighted by Crippen LogP contribution is -2.43. The Morgan fingerprint density at radius 2 is 2.31 bits per heavy atom. The molecule has 0 radical (unpaired) electrons. The Labute approximate surface area is 95.8 Å². The molecule has 1 heterocycles.